The lowest BCUT2D eigenvalue weighted by Gasteiger charge is -2.05. The molecule has 0 amide bonds. The summed E-state index contributed by atoms with van der Waals surface area (Å²) in [6.45, 7) is 0. The minimum atomic E-state index is 0.450. The van der Waals surface area contributed by atoms with Crippen molar-refractivity contribution >= 4 is 11.8 Å². The van der Waals surface area contributed by atoms with Crippen LogP contribution in [0.5, 0.6) is 17.2 Å². The van der Waals surface area contributed by atoms with Crippen molar-refractivity contribution < 1.29 is 14.3 Å². The molecule has 19 heavy (non-hydrogen) atoms. The first kappa shape index (κ1) is 12.4. The van der Waals surface area contributed by atoms with E-state index in [0.717, 1.165) is 0 Å². The lowest BCUT2D eigenvalue weighted by Crippen LogP contribution is -1.85. The molecule has 0 heterocycles. The third kappa shape index (κ3) is 3.43. The van der Waals surface area contributed by atoms with Crippen LogP contribution in [0.1, 0.15) is 0 Å². The fourth-order valence-corrected chi connectivity index (χ4v) is 1.41. The summed E-state index contributed by atoms with van der Waals surface area (Å²) in [6, 6.07) is 13.3. The molecule has 0 radical (unpaired) electrons. The molecule has 2 aromatic carbocycles. The molecular formula is C14H8N2O3. The zero-order valence-electron chi connectivity index (χ0n) is 9.74. The molecule has 0 aliphatic carbocycles. The molecular weight excluding hydrogens is 244 g/mol. The molecule has 2 rings (SSSR count). The van der Waals surface area contributed by atoms with E-state index in [1.165, 1.54) is 6.08 Å². The van der Waals surface area contributed by atoms with E-state index in [1.807, 2.05) is 0 Å². The molecule has 0 fully saturated rings. The smallest absolute Gasteiger partial charge is 0.292 e. The highest BCUT2D eigenvalue weighted by molar-refractivity contribution is 5.50. The molecule has 0 spiro atoms. The monoisotopic (exact) mass is 252 g/mol. The Kier molecular flexibility index (Phi) is 3.91. The zero-order chi connectivity index (χ0) is 13.5. The second-order valence-corrected chi connectivity index (χ2v) is 3.46. The van der Waals surface area contributed by atoms with E-state index in [9.17, 15) is 4.79 Å². The number of nitrogens with zero attached hydrogens (tertiary/aromatic N) is 2. The van der Waals surface area contributed by atoms with Crippen molar-refractivity contribution in [1.29, 1.82) is 5.26 Å². The van der Waals surface area contributed by atoms with E-state index in [1.54, 1.807) is 54.8 Å². The van der Waals surface area contributed by atoms with Crippen molar-refractivity contribution in [2.24, 2.45) is 4.99 Å². The van der Waals surface area contributed by atoms with Crippen LogP contribution in [0.25, 0.3) is 0 Å². The molecule has 5 heteroatoms. The van der Waals surface area contributed by atoms with Gasteiger partial charge in [0, 0.05) is 0 Å². The highest BCUT2D eigenvalue weighted by Gasteiger charge is 1.99. The summed E-state index contributed by atoms with van der Waals surface area (Å²) in [4.78, 5) is 13.6. The van der Waals surface area contributed by atoms with E-state index >= 15 is 0 Å². The Labute approximate surface area is 109 Å². The van der Waals surface area contributed by atoms with Gasteiger partial charge in [-0.25, -0.2) is 4.79 Å². The predicted molar refractivity (Wildman–Crippen MR) is 67.0 cm³/mol. The van der Waals surface area contributed by atoms with Gasteiger partial charge in [0.25, 0.3) is 6.26 Å². The molecule has 0 bridgehead atoms. The SMILES string of the molecule is N#COc1ccc(Oc2ccc(N=C=O)cc2)cc1. The van der Waals surface area contributed by atoms with Gasteiger partial charge in [-0.15, -0.1) is 5.26 Å². The van der Waals surface area contributed by atoms with Gasteiger partial charge < -0.3 is 9.47 Å². The molecule has 5 nitrogen and oxygen atoms in total. The Balaban J connectivity index is 2.08. The van der Waals surface area contributed by atoms with Gasteiger partial charge in [-0.05, 0) is 48.5 Å². The molecule has 92 valence electrons. The first-order chi connectivity index (χ1) is 9.31. The summed E-state index contributed by atoms with van der Waals surface area (Å²) in [5.41, 5.74) is 0.514. The van der Waals surface area contributed by atoms with Crippen LogP contribution in [0.4, 0.5) is 5.69 Å². The van der Waals surface area contributed by atoms with E-state index in [0.29, 0.717) is 22.9 Å². The third-order valence-corrected chi connectivity index (χ3v) is 2.23. The Morgan fingerprint density at radius 3 is 1.95 bits per heavy atom. The van der Waals surface area contributed by atoms with Crippen molar-refractivity contribution in [3.8, 4) is 23.5 Å². The maximum Gasteiger partial charge on any atom is 0.292 e. The fraction of sp³-hybridized carbons (Fsp3) is 0. The molecule has 0 aromatic heterocycles. The van der Waals surface area contributed by atoms with Crippen LogP contribution in [0.3, 0.4) is 0 Å². The standard InChI is InChI=1S/C14H8N2O3/c15-9-18-12-5-7-14(8-6-12)19-13-3-1-11(2-4-13)16-10-17/h1-8H. The summed E-state index contributed by atoms with van der Waals surface area (Å²) >= 11 is 0. The summed E-state index contributed by atoms with van der Waals surface area (Å²) in [5.74, 6) is 1.67. The predicted octanol–water partition coefficient (Wildman–Crippen LogP) is 3.31. The van der Waals surface area contributed by atoms with Crippen LogP contribution in [0, 0.1) is 11.5 Å². The lowest BCUT2D eigenvalue weighted by atomic mass is 10.3. The first-order valence-corrected chi connectivity index (χ1v) is 5.33. The minimum Gasteiger partial charge on any atom is -0.457 e. The first-order valence-electron chi connectivity index (χ1n) is 5.33. The molecule has 0 unspecified atom stereocenters. The summed E-state index contributed by atoms with van der Waals surface area (Å²) < 4.78 is 10.2. The van der Waals surface area contributed by atoms with Crippen LogP contribution >= 0.6 is 0 Å². The van der Waals surface area contributed by atoms with Gasteiger partial charge in [0.1, 0.15) is 17.2 Å². The van der Waals surface area contributed by atoms with E-state index in [-0.39, 0.29) is 0 Å². The van der Waals surface area contributed by atoms with Crippen LogP contribution in [0.2, 0.25) is 0 Å². The van der Waals surface area contributed by atoms with Gasteiger partial charge in [-0.1, -0.05) is 0 Å². The molecule has 2 aromatic rings. The summed E-state index contributed by atoms with van der Waals surface area (Å²) in [7, 11) is 0. The average molecular weight is 252 g/mol. The topological polar surface area (TPSA) is 71.7 Å². The van der Waals surface area contributed by atoms with Crippen LogP contribution in [0.15, 0.2) is 53.5 Å². The van der Waals surface area contributed by atoms with Gasteiger partial charge in [0.05, 0.1) is 5.69 Å². The Morgan fingerprint density at radius 1 is 0.895 bits per heavy atom. The van der Waals surface area contributed by atoms with Crippen molar-refractivity contribution in [2.75, 3.05) is 0 Å². The summed E-state index contributed by atoms with van der Waals surface area (Å²) in [6.07, 6.45) is 3.05. The normalized spacial score (nSPS) is 9.00. The van der Waals surface area contributed by atoms with Gasteiger partial charge in [-0.2, -0.15) is 4.99 Å². The molecule has 0 N–H and O–H groups in total. The Morgan fingerprint density at radius 2 is 1.42 bits per heavy atom. The van der Waals surface area contributed by atoms with Crippen molar-refractivity contribution in [3.63, 3.8) is 0 Å². The third-order valence-electron chi connectivity index (χ3n) is 2.23. The fourth-order valence-electron chi connectivity index (χ4n) is 1.41. The second kappa shape index (κ2) is 6.01. The van der Waals surface area contributed by atoms with Crippen molar-refractivity contribution in [2.45, 2.75) is 0 Å². The highest BCUT2D eigenvalue weighted by Crippen LogP contribution is 2.25. The number of hydrogen-bond acceptors (Lipinski definition) is 5. The molecule has 0 atom stereocenters. The largest absolute Gasteiger partial charge is 0.457 e. The number of aliphatic imine (C=N–C) groups is 1. The lowest BCUT2D eigenvalue weighted by molar-refractivity contribution is 0.476. The molecule has 0 saturated carbocycles. The summed E-state index contributed by atoms with van der Waals surface area (Å²) in [5, 5.41) is 8.35. The molecule has 0 aliphatic heterocycles. The number of carbonyl (C=O) groups excluding carboxylic acids is 1. The van der Waals surface area contributed by atoms with E-state index in [4.69, 9.17) is 10.00 Å². The van der Waals surface area contributed by atoms with Gasteiger partial charge in [0.15, 0.2) is 0 Å². The average Bonchev–Trinajstić information content (AvgIpc) is 2.44. The minimum absolute atomic E-state index is 0.450. The maximum absolute atomic E-state index is 10.1. The number of ether oxygens (including phenoxy) is 2. The number of isocyanates is 1. The van der Waals surface area contributed by atoms with Crippen LogP contribution in [-0.2, 0) is 4.79 Å². The maximum atomic E-state index is 10.1. The van der Waals surface area contributed by atoms with Crippen LogP contribution < -0.4 is 9.47 Å². The number of hydrogen-bond donors (Lipinski definition) is 0. The van der Waals surface area contributed by atoms with Gasteiger partial charge in [0.2, 0.25) is 6.08 Å². The van der Waals surface area contributed by atoms with E-state index < -0.39 is 0 Å². The number of rotatable bonds is 4. The van der Waals surface area contributed by atoms with Crippen molar-refractivity contribution in [3.05, 3.63) is 48.5 Å². The molecule has 0 saturated heterocycles. The Bertz CT molecular complexity index is 636. The van der Waals surface area contributed by atoms with Gasteiger partial charge in [-0.3, -0.25) is 0 Å². The highest BCUT2D eigenvalue weighted by atomic mass is 16.5. The number of benzene rings is 2. The van der Waals surface area contributed by atoms with Crippen LogP contribution in [-0.4, -0.2) is 6.08 Å². The quantitative estimate of drug-likeness (QED) is 0.475. The second-order valence-electron chi connectivity index (χ2n) is 3.46. The van der Waals surface area contributed by atoms with Gasteiger partial charge >= 0.3 is 0 Å². The number of nitriles is 1. The zero-order valence-corrected chi connectivity index (χ0v) is 9.74. The molecule has 0 aliphatic rings. The van der Waals surface area contributed by atoms with E-state index in [2.05, 4.69) is 9.73 Å². The van der Waals surface area contributed by atoms with Crippen molar-refractivity contribution in [1.82, 2.24) is 0 Å². The Hall–Kier alpha value is -3.09.